The highest BCUT2D eigenvalue weighted by Crippen LogP contribution is 2.11. The van der Waals surface area contributed by atoms with Crippen molar-refractivity contribution in [2.45, 2.75) is 32.9 Å². The lowest BCUT2D eigenvalue weighted by molar-refractivity contribution is -0.117. The molecule has 0 saturated carbocycles. The van der Waals surface area contributed by atoms with E-state index in [2.05, 4.69) is 10.6 Å². The van der Waals surface area contributed by atoms with Gasteiger partial charge in [-0.05, 0) is 38.0 Å². The molecule has 0 radical (unpaired) electrons. The van der Waals surface area contributed by atoms with E-state index in [9.17, 15) is 4.79 Å². The minimum Gasteiger partial charge on any atom is -0.497 e. The van der Waals surface area contributed by atoms with Crippen molar-refractivity contribution in [3.8, 4) is 11.8 Å². The van der Waals surface area contributed by atoms with Gasteiger partial charge in [-0.1, -0.05) is 12.1 Å². The molecule has 0 fully saturated rings. The minimum absolute atomic E-state index is 0.0493. The maximum atomic E-state index is 12.0. The number of hydrogen-bond acceptors (Lipinski definition) is 5. The molecule has 0 spiro atoms. The van der Waals surface area contributed by atoms with Crippen LogP contribution < -0.4 is 15.4 Å². The Bertz CT molecular complexity index is 574. The van der Waals surface area contributed by atoms with Crippen LogP contribution in [0, 0.1) is 11.3 Å². The molecule has 0 aliphatic heterocycles. The Labute approximate surface area is 143 Å². The van der Waals surface area contributed by atoms with Gasteiger partial charge in [0.25, 0.3) is 5.91 Å². The van der Waals surface area contributed by atoms with E-state index in [0.717, 1.165) is 17.7 Å². The van der Waals surface area contributed by atoms with Crippen molar-refractivity contribution >= 4 is 5.91 Å². The van der Waals surface area contributed by atoms with Crippen molar-refractivity contribution in [3.05, 3.63) is 41.6 Å². The summed E-state index contributed by atoms with van der Waals surface area (Å²) in [7, 11) is 1.60. The predicted octanol–water partition coefficient (Wildman–Crippen LogP) is 2.12. The molecule has 6 heteroatoms. The molecular formula is C18H25N3O3. The van der Waals surface area contributed by atoms with Gasteiger partial charge in [-0.2, -0.15) is 5.26 Å². The number of benzene rings is 1. The summed E-state index contributed by atoms with van der Waals surface area (Å²) in [6.07, 6.45) is 2.46. The second-order valence-electron chi connectivity index (χ2n) is 5.43. The van der Waals surface area contributed by atoms with Crippen molar-refractivity contribution in [1.29, 1.82) is 5.26 Å². The number of methoxy groups -OCH3 is 1. The third-order valence-corrected chi connectivity index (χ3v) is 3.14. The van der Waals surface area contributed by atoms with Crippen molar-refractivity contribution in [2.75, 3.05) is 20.3 Å². The molecule has 2 N–H and O–H groups in total. The second-order valence-corrected chi connectivity index (χ2v) is 5.43. The van der Waals surface area contributed by atoms with Gasteiger partial charge in [0.2, 0.25) is 0 Å². The van der Waals surface area contributed by atoms with Gasteiger partial charge >= 0.3 is 0 Å². The van der Waals surface area contributed by atoms with E-state index in [0.29, 0.717) is 19.7 Å². The standard InChI is InChI=1S/C18H25N3O3/c1-14(2)24-10-4-9-20-13-16(11-19)18(22)21-12-15-5-7-17(23-3)8-6-15/h5-8,13-14,20H,4,9-10,12H2,1-3H3,(H,21,22)/b16-13-. The summed E-state index contributed by atoms with van der Waals surface area (Å²) >= 11 is 0. The molecule has 0 aliphatic carbocycles. The first-order valence-electron chi connectivity index (χ1n) is 7.93. The van der Waals surface area contributed by atoms with E-state index in [4.69, 9.17) is 14.7 Å². The normalized spacial score (nSPS) is 11.0. The molecule has 1 amide bonds. The van der Waals surface area contributed by atoms with Crippen LogP contribution >= 0.6 is 0 Å². The third-order valence-electron chi connectivity index (χ3n) is 3.14. The van der Waals surface area contributed by atoms with E-state index >= 15 is 0 Å². The zero-order chi connectivity index (χ0) is 17.8. The van der Waals surface area contributed by atoms with Crippen LogP contribution in [0.25, 0.3) is 0 Å². The fourth-order valence-electron chi connectivity index (χ4n) is 1.84. The largest absolute Gasteiger partial charge is 0.497 e. The molecule has 0 aromatic heterocycles. The van der Waals surface area contributed by atoms with Crippen LogP contribution in [-0.2, 0) is 16.1 Å². The predicted molar refractivity (Wildman–Crippen MR) is 92.2 cm³/mol. The van der Waals surface area contributed by atoms with Gasteiger partial charge in [-0.3, -0.25) is 4.79 Å². The Morgan fingerprint density at radius 1 is 1.33 bits per heavy atom. The quantitative estimate of drug-likeness (QED) is 0.390. The number of rotatable bonds is 10. The SMILES string of the molecule is COc1ccc(CNC(=O)/C(C#N)=C\NCCCOC(C)C)cc1. The number of carbonyl (C=O) groups is 1. The second kappa shape index (κ2) is 11.1. The lowest BCUT2D eigenvalue weighted by atomic mass is 10.2. The third kappa shape index (κ3) is 7.65. The molecule has 0 bridgehead atoms. The number of nitriles is 1. The monoisotopic (exact) mass is 331 g/mol. The highest BCUT2D eigenvalue weighted by Gasteiger charge is 2.08. The van der Waals surface area contributed by atoms with Crippen LogP contribution in [0.3, 0.4) is 0 Å². The van der Waals surface area contributed by atoms with Gasteiger partial charge in [0.05, 0.1) is 13.2 Å². The van der Waals surface area contributed by atoms with Crippen LogP contribution in [-0.4, -0.2) is 32.3 Å². The Hall–Kier alpha value is -2.52. The maximum absolute atomic E-state index is 12.0. The molecule has 0 unspecified atom stereocenters. The molecule has 130 valence electrons. The molecule has 1 aromatic rings. The molecule has 0 atom stereocenters. The zero-order valence-electron chi connectivity index (χ0n) is 14.5. The van der Waals surface area contributed by atoms with Gasteiger partial charge < -0.3 is 20.1 Å². The Morgan fingerprint density at radius 2 is 2.04 bits per heavy atom. The van der Waals surface area contributed by atoms with Crippen molar-refractivity contribution in [3.63, 3.8) is 0 Å². The summed E-state index contributed by atoms with van der Waals surface area (Å²) in [5, 5.41) is 14.8. The molecule has 24 heavy (non-hydrogen) atoms. The van der Waals surface area contributed by atoms with E-state index in [1.54, 1.807) is 7.11 Å². The molecule has 1 rings (SSSR count). The van der Waals surface area contributed by atoms with Gasteiger partial charge in [0.1, 0.15) is 17.4 Å². The highest BCUT2D eigenvalue weighted by molar-refractivity contribution is 5.97. The van der Waals surface area contributed by atoms with Crippen molar-refractivity contribution in [2.24, 2.45) is 0 Å². The summed E-state index contributed by atoms with van der Waals surface area (Å²) in [5.41, 5.74) is 0.980. The summed E-state index contributed by atoms with van der Waals surface area (Å²) < 4.78 is 10.5. The van der Waals surface area contributed by atoms with E-state index in [-0.39, 0.29) is 11.7 Å². The number of ether oxygens (including phenoxy) is 2. The molecule has 0 aliphatic rings. The summed E-state index contributed by atoms with van der Waals surface area (Å²) in [6.45, 7) is 5.60. The smallest absolute Gasteiger partial charge is 0.263 e. The number of nitrogens with zero attached hydrogens (tertiary/aromatic N) is 1. The number of nitrogens with one attached hydrogen (secondary N) is 2. The summed E-state index contributed by atoms with van der Waals surface area (Å²) in [4.78, 5) is 12.0. The first kappa shape index (κ1) is 19.5. The summed E-state index contributed by atoms with van der Waals surface area (Å²) in [6, 6.07) is 9.27. The number of amides is 1. The van der Waals surface area contributed by atoms with Gasteiger partial charge in [0.15, 0.2) is 0 Å². The summed E-state index contributed by atoms with van der Waals surface area (Å²) in [5.74, 6) is 0.354. The van der Waals surface area contributed by atoms with E-state index in [1.165, 1.54) is 6.20 Å². The van der Waals surface area contributed by atoms with E-state index in [1.807, 2.05) is 44.2 Å². The lowest BCUT2D eigenvalue weighted by Gasteiger charge is -2.08. The van der Waals surface area contributed by atoms with Crippen LogP contribution in [0.15, 0.2) is 36.0 Å². The molecule has 0 saturated heterocycles. The molecule has 0 heterocycles. The van der Waals surface area contributed by atoms with Crippen LogP contribution in [0.5, 0.6) is 5.75 Å². The van der Waals surface area contributed by atoms with Crippen molar-refractivity contribution < 1.29 is 14.3 Å². The first-order valence-corrected chi connectivity index (χ1v) is 7.93. The molecular weight excluding hydrogens is 306 g/mol. The topological polar surface area (TPSA) is 83.4 Å². The van der Waals surface area contributed by atoms with E-state index < -0.39 is 5.91 Å². The van der Waals surface area contributed by atoms with Crippen LogP contribution in [0.1, 0.15) is 25.8 Å². The fraction of sp³-hybridized carbons (Fsp3) is 0.444. The Morgan fingerprint density at radius 3 is 2.62 bits per heavy atom. The zero-order valence-corrected chi connectivity index (χ0v) is 14.5. The average molecular weight is 331 g/mol. The van der Waals surface area contributed by atoms with Gasteiger partial charge in [-0.25, -0.2) is 0 Å². The Kier molecular flexibility index (Phi) is 9.02. The first-order chi connectivity index (χ1) is 11.6. The average Bonchev–Trinajstić information content (AvgIpc) is 2.59. The number of carbonyl (C=O) groups excluding carboxylic acids is 1. The lowest BCUT2D eigenvalue weighted by Crippen LogP contribution is -2.25. The van der Waals surface area contributed by atoms with Crippen LogP contribution in [0.4, 0.5) is 0 Å². The molecule has 6 nitrogen and oxygen atoms in total. The maximum Gasteiger partial charge on any atom is 0.263 e. The van der Waals surface area contributed by atoms with Gasteiger partial charge in [-0.15, -0.1) is 0 Å². The Balaban J connectivity index is 2.36. The highest BCUT2D eigenvalue weighted by atomic mass is 16.5. The number of hydrogen-bond donors (Lipinski definition) is 2. The van der Waals surface area contributed by atoms with Crippen LogP contribution in [0.2, 0.25) is 0 Å². The fourth-order valence-corrected chi connectivity index (χ4v) is 1.84. The minimum atomic E-state index is -0.403. The molecule has 1 aromatic carbocycles. The van der Waals surface area contributed by atoms with Crippen molar-refractivity contribution in [1.82, 2.24) is 10.6 Å². The van der Waals surface area contributed by atoms with Gasteiger partial charge in [0, 0.05) is 25.9 Å².